The number of amides is 2. The first-order valence-corrected chi connectivity index (χ1v) is 13.2. The molecule has 4 rings (SSSR count). The number of para-hydroxylation sites is 1. The van der Waals surface area contributed by atoms with Crippen LogP contribution in [-0.4, -0.2) is 62.2 Å². The molecular formula is C24H26N4O4S2. The van der Waals surface area contributed by atoms with Crippen LogP contribution in [0.3, 0.4) is 0 Å². The fourth-order valence-electron chi connectivity index (χ4n) is 3.72. The predicted molar refractivity (Wildman–Crippen MR) is 132 cm³/mol. The third-order valence-corrected chi connectivity index (χ3v) is 8.80. The molecule has 10 heteroatoms. The fraction of sp³-hybridized carbons (Fsp3) is 0.250. The van der Waals surface area contributed by atoms with Crippen molar-refractivity contribution in [3.8, 4) is 0 Å². The van der Waals surface area contributed by atoms with E-state index in [0.29, 0.717) is 48.2 Å². The molecule has 0 aliphatic carbocycles. The highest BCUT2D eigenvalue weighted by atomic mass is 32.2. The minimum absolute atomic E-state index is 0.118. The number of benzene rings is 2. The number of anilines is 1. The highest BCUT2D eigenvalue weighted by Gasteiger charge is 2.29. The van der Waals surface area contributed by atoms with E-state index in [1.54, 1.807) is 41.8 Å². The van der Waals surface area contributed by atoms with Crippen LogP contribution in [0.5, 0.6) is 0 Å². The molecule has 0 bridgehead atoms. The molecule has 2 N–H and O–H groups in total. The molecule has 0 spiro atoms. The Morgan fingerprint density at radius 2 is 1.59 bits per heavy atom. The highest BCUT2D eigenvalue weighted by molar-refractivity contribution is 7.91. The van der Waals surface area contributed by atoms with Gasteiger partial charge < -0.3 is 10.6 Å². The van der Waals surface area contributed by atoms with Gasteiger partial charge in [0.1, 0.15) is 4.21 Å². The second kappa shape index (κ2) is 10.9. The molecule has 0 unspecified atom stereocenters. The van der Waals surface area contributed by atoms with Crippen molar-refractivity contribution < 1.29 is 18.0 Å². The van der Waals surface area contributed by atoms with Gasteiger partial charge in [-0.05, 0) is 29.1 Å². The summed E-state index contributed by atoms with van der Waals surface area (Å²) >= 11 is 1.20. The van der Waals surface area contributed by atoms with Crippen LogP contribution in [0, 0.1) is 0 Å². The fourth-order valence-corrected chi connectivity index (χ4v) is 6.29. The van der Waals surface area contributed by atoms with Crippen LogP contribution in [-0.2, 0) is 21.4 Å². The van der Waals surface area contributed by atoms with Crippen LogP contribution in [0.1, 0.15) is 15.9 Å². The van der Waals surface area contributed by atoms with E-state index >= 15 is 0 Å². The quantitative estimate of drug-likeness (QED) is 0.498. The highest BCUT2D eigenvalue weighted by Crippen LogP contribution is 2.22. The summed E-state index contributed by atoms with van der Waals surface area (Å²) in [6.07, 6.45) is 0. The Balaban J connectivity index is 1.30. The van der Waals surface area contributed by atoms with E-state index in [-0.39, 0.29) is 18.4 Å². The number of thiophene rings is 1. The van der Waals surface area contributed by atoms with E-state index in [2.05, 4.69) is 10.6 Å². The lowest BCUT2D eigenvalue weighted by molar-refractivity contribution is -0.117. The van der Waals surface area contributed by atoms with Crippen LogP contribution in [0.25, 0.3) is 0 Å². The zero-order valence-electron chi connectivity index (χ0n) is 18.5. The molecule has 1 aliphatic heterocycles. The maximum Gasteiger partial charge on any atom is 0.253 e. The van der Waals surface area contributed by atoms with Crippen LogP contribution in [0.2, 0.25) is 0 Å². The maximum atomic E-state index is 12.7. The molecule has 1 saturated heterocycles. The largest absolute Gasteiger partial charge is 0.348 e. The molecule has 2 heterocycles. The number of sulfonamides is 1. The Bertz CT molecular complexity index is 1220. The number of hydrogen-bond donors (Lipinski definition) is 2. The summed E-state index contributed by atoms with van der Waals surface area (Å²) < 4.78 is 27.1. The Kier molecular flexibility index (Phi) is 7.73. The van der Waals surface area contributed by atoms with E-state index in [0.717, 1.165) is 5.56 Å². The van der Waals surface area contributed by atoms with Gasteiger partial charge in [-0.1, -0.05) is 48.5 Å². The minimum atomic E-state index is -3.48. The first-order chi connectivity index (χ1) is 16.4. The van der Waals surface area contributed by atoms with Gasteiger partial charge in [-0.3, -0.25) is 14.5 Å². The van der Waals surface area contributed by atoms with Crippen molar-refractivity contribution in [3.63, 3.8) is 0 Å². The van der Waals surface area contributed by atoms with Gasteiger partial charge in [0.2, 0.25) is 5.91 Å². The summed E-state index contributed by atoms with van der Waals surface area (Å²) in [5.74, 6) is -0.523. The molecule has 8 nitrogen and oxygen atoms in total. The topological polar surface area (TPSA) is 98.8 Å². The normalized spacial score (nSPS) is 15.1. The predicted octanol–water partition coefficient (Wildman–Crippen LogP) is 2.62. The van der Waals surface area contributed by atoms with Crippen LogP contribution in [0.4, 0.5) is 5.69 Å². The Morgan fingerprint density at radius 3 is 2.29 bits per heavy atom. The van der Waals surface area contributed by atoms with Gasteiger partial charge in [-0.2, -0.15) is 4.31 Å². The van der Waals surface area contributed by atoms with E-state index in [1.165, 1.54) is 15.6 Å². The summed E-state index contributed by atoms with van der Waals surface area (Å²) in [6, 6.07) is 19.8. The minimum Gasteiger partial charge on any atom is -0.348 e. The number of piperazine rings is 1. The van der Waals surface area contributed by atoms with Crippen molar-refractivity contribution in [1.29, 1.82) is 0 Å². The Morgan fingerprint density at radius 1 is 0.882 bits per heavy atom. The maximum absolute atomic E-state index is 12.7. The van der Waals surface area contributed by atoms with Crippen LogP contribution in [0.15, 0.2) is 76.3 Å². The van der Waals surface area contributed by atoms with Crippen molar-refractivity contribution in [2.45, 2.75) is 10.8 Å². The summed E-state index contributed by atoms with van der Waals surface area (Å²) in [6.45, 7) is 2.07. The molecule has 34 heavy (non-hydrogen) atoms. The number of nitrogens with one attached hydrogen (secondary N) is 2. The van der Waals surface area contributed by atoms with Crippen molar-refractivity contribution >= 4 is 38.9 Å². The third-order valence-electron chi connectivity index (χ3n) is 5.53. The van der Waals surface area contributed by atoms with Gasteiger partial charge in [0, 0.05) is 32.7 Å². The number of carbonyl (C=O) groups is 2. The number of carbonyl (C=O) groups excluding carboxylic acids is 2. The molecule has 1 fully saturated rings. The molecule has 2 amide bonds. The van der Waals surface area contributed by atoms with Gasteiger partial charge in [0.25, 0.3) is 15.9 Å². The first kappa shape index (κ1) is 24.1. The number of rotatable bonds is 8. The third kappa shape index (κ3) is 5.89. The molecule has 1 aromatic heterocycles. The molecule has 0 atom stereocenters. The number of hydrogen-bond acceptors (Lipinski definition) is 6. The lowest BCUT2D eigenvalue weighted by Gasteiger charge is -2.33. The van der Waals surface area contributed by atoms with E-state index < -0.39 is 10.0 Å². The van der Waals surface area contributed by atoms with E-state index in [1.807, 2.05) is 35.2 Å². The van der Waals surface area contributed by atoms with Gasteiger partial charge in [-0.15, -0.1) is 11.3 Å². The molecular weight excluding hydrogens is 472 g/mol. The zero-order valence-corrected chi connectivity index (χ0v) is 20.1. The Labute approximate surface area is 203 Å². The average Bonchev–Trinajstić information content (AvgIpc) is 3.40. The SMILES string of the molecule is O=C(CN1CCN(S(=O)(=O)c2cccs2)CC1)Nc1ccccc1C(=O)NCc1ccccc1. The molecule has 0 saturated carbocycles. The van der Waals surface area contributed by atoms with Crippen LogP contribution >= 0.6 is 11.3 Å². The number of nitrogens with zero attached hydrogens (tertiary/aromatic N) is 2. The summed E-state index contributed by atoms with van der Waals surface area (Å²) in [5.41, 5.74) is 1.81. The van der Waals surface area contributed by atoms with Gasteiger partial charge in [-0.25, -0.2) is 8.42 Å². The van der Waals surface area contributed by atoms with Gasteiger partial charge in [0.15, 0.2) is 0 Å². The van der Waals surface area contributed by atoms with E-state index in [4.69, 9.17) is 0 Å². The summed E-state index contributed by atoms with van der Waals surface area (Å²) in [7, 11) is -3.48. The zero-order chi connectivity index (χ0) is 24.0. The first-order valence-electron chi connectivity index (χ1n) is 10.9. The van der Waals surface area contributed by atoms with Crippen molar-refractivity contribution in [1.82, 2.24) is 14.5 Å². The van der Waals surface area contributed by atoms with Crippen molar-refractivity contribution in [3.05, 3.63) is 83.2 Å². The van der Waals surface area contributed by atoms with Gasteiger partial charge >= 0.3 is 0 Å². The van der Waals surface area contributed by atoms with Gasteiger partial charge in [0.05, 0.1) is 17.8 Å². The summed E-state index contributed by atoms with van der Waals surface area (Å²) in [4.78, 5) is 27.3. The second-order valence-corrected chi connectivity index (χ2v) is 11.0. The monoisotopic (exact) mass is 498 g/mol. The van der Waals surface area contributed by atoms with Crippen LogP contribution < -0.4 is 10.6 Å². The van der Waals surface area contributed by atoms with Crippen molar-refractivity contribution in [2.24, 2.45) is 0 Å². The van der Waals surface area contributed by atoms with E-state index in [9.17, 15) is 18.0 Å². The lowest BCUT2D eigenvalue weighted by atomic mass is 10.1. The molecule has 2 aromatic carbocycles. The molecule has 0 radical (unpaired) electrons. The summed E-state index contributed by atoms with van der Waals surface area (Å²) in [5, 5.41) is 7.45. The van der Waals surface area contributed by atoms with Crippen molar-refractivity contribution in [2.75, 3.05) is 38.0 Å². The molecule has 3 aromatic rings. The average molecular weight is 499 g/mol. The second-order valence-electron chi connectivity index (χ2n) is 7.87. The smallest absolute Gasteiger partial charge is 0.253 e. The molecule has 1 aliphatic rings. The lowest BCUT2D eigenvalue weighted by Crippen LogP contribution is -2.50. The molecule has 178 valence electrons. The standard InChI is InChI=1S/C24H26N4O4S2/c29-22(18-27-12-14-28(15-13-27)34(31,32)23-11-6-16-33-23)26-21-10-5-4-9-20(21)24(30)25-17-19-7-2-1-3-8-19/h1-11,16H,12-15,17-18H2,(H,25,30)(H,26,29). The Hall–Kier alpha value is -3.05.